The maximum atomic E-state index is 12.4. The third-order valence-corrected chi connectivity index (χ3v) is 5.62. The van der Waals surface area contributed by atoms with Crippen molar-refractivity contribution in [2.45, 2.75) is 33.1 Å². The van der Waals surface area contributed by atoms with Crippen LogP contribution in [0.3, 0.4) is 0 Å². The molecular formula is C19H18N2O2S. The number of aryl methyl sites for hydroxylation is 4. The number of nitrogens with one attached hydrogen (secondary N) is 1. The normalized spacial score (nSPS) is 13.1. The molecular weight excluding hydrogens is 320 g/mol. The first-order valence-electron chi connectivity index (χ1n) is 8.07. The SMILES string of the molecule is Cc1nc(-c2ccc(NC(=O)c3cc4c(s3)CCC4)cc2)oc1C. The Hall–Kier alpha value is -2.40. The minimum Gasteiger partial charge on any atom is -0.441 e. The van der Waals surface area contributed by atoms with Gasteiger partial charge >= 0.3 is 0 Å². The van der Waals surface area contributed by atoms with E-state index in [9.17, 15) is 4.79 Å². The molecule has 1 amide bonds. The zero-order valence-electron chi connectivity index (χ0n) is 13.7. The van der Waals surface area contributed by atoms with Crippen molar-refractivity contribution in [1.82, 2.24) is 4.98 Å². The van der Waals surface area contributed by atoms with Gasteiger partial charge in [-0.3, -0.25) is 4.79 Å². The van der Waals surface area contributed by atoms with Gasteiger partial charge in [-0.15, -0.1) is 11.3 Å². The Labute approximate surface area is 144 Å². The fraction of sp³-hybridized carbons (Fsp3) is 0.263. The number of nitrogens with zero attached hydrogens (tertiary/aromatic N) is 1. The third-order valence-electron chi connectivity index (χ3n) is 4.39. The molecule has 24 heavy (non-hydrogen) atoms. The highest BCUT2D eigenvalue weighted by molar-refractivity contribution is 7.14. The zero-order valence-corrected chi connectivity index (χ0v) is 14.5. The molecule has 0 saturated carbocycles. The van der Waals surface area contributed by atoms with Crippen LogP contribution in [-0.2, 0) is 12.8 Å². The maximum Gasteiger partial charge on any atom is 0.265 e. The molecule has 3 aromatic rings. The Morgan fingerprint density at radius 2 is 2.00 bits per heavy atom. The number of amides is 1. The summed E-state index contributed by atoms with van der Waals surface area (Å²) in [5.41, 5.74) is 3.92. The van der Waals surface area contributed by atoms with Crippen molar-refractivity contribution < 1.29 is 9.21 Å². The predicted octanol–water partition coefficient (Wildman–Crippen LogP) is 4.76. The van der Waals surface area contributed by atoms with Crippen LogP contribution in [0.5, 0.6) is 0 Å². The topological polar surface area (TPSA) is 55.1 Å². The fourth-order valence-corrected chi connectivity index (χ4v) is 4.07. The van der Waals surface area contributed by atoms with Crippen molar-refractivity contribution in [3.8, 4) is 11.5 Å². The van der Waals surface area contributed by atoms with Gasteiger partial charge in [-0.1, -0.05) is 0 Å². The van der Waals surface area contributed by atoms with Crippen LogP contribution in [0.25, 0.3) is 11.5 Å². The summed E-state index contributed by atoms with van der Waals surface area (Å²) in [4.78, 5) is 18.9. The number of carbonyl (C=O) groups excluding carboxylic acids is 1. The van der Waals surface area contributed by atoms with Gasteiger partial charge in [-0.2, -0.15) is 0 Å². The summed E-state index contributed by atoms with van der Waals surface area (Å²) >= 11 is 1.62. The van der Waals surface area contributed by atoms with Crippen LogP contribution in [0.1, 0.15) is 38.0 Å². The number of oxazole rings is 1. The van der Waals surface area contributed by atoms with E-state index >= 15 is 0 Å². The van der Waals surface area contributed by atoms with Gasteiger partial charge in [0.1, 0.15) is 5.76 Å². The van der Waals surface area contributed by atoms with E-state index in [1.54, 1.807) is 11.3 Å². The summed E-state index contributed by atoms with van der Waals surface area (Å²) in [6, 6.07) is 9.62. The Bertz CT molecular complexity index is 865. The number of carbonyl (C=O) groups is 1. The molecule has 5 heteroatoms. The molecule has 122 valence electrons. The molecule has 1 N–H and O–H groups in total. The molecule has 0 saturated heterocycles. The van der Waals surface area contributed by atoms with E-state index in [0.29, 0.717) is 5.89 Å². The van der Waals surface area contributed by atoms with Gasteiger partial charge in [0.2, 0.25) is 5.89 Å². The molecule has 0 spiro atoms. The highest BCUT2D eigenvalue weighted by atomic mass is 32.1. The van der Waals surface area contributed by atoms with Gasteiger partial charge < -0.3 is 9.73 Å². The lowest BCUT2D eigenvalue weighted by Crippen LogP contribution is -2.10. The number of aromatic nitrogens is 1. The molecule has 2 aromatic heterocycles. The highest BCUT2D eigenvalue weighted by Crippen LogP contribution is 2.31. The number of benzene rings is 1. The maximum absolute atomic E-state index is 12.4. The first kappa shape index (κ1) is 15.1. The molecule has 0 fully saturated rings. The fourth-order valence-electron chi connectivity index (χ4n) is 2.93. The van der Waals surface area contributed by atoms with Gasteiger partial charge in [0.25, 0.3) is 5.91 Å². The highest BCUT2D eigenvalue weighted by Gasteiger charge is 2.18. The summed E-state index contributed by atoms with van der Waals surface area (Å²) in [7, 11) is 0. The average molecular weight is 338 g/mol. The van der Waals surface area contributed by atoms with E-state index in [1.807, 2.05) is 44.2 Å². The minimum absolute atomic E-state index is 0.0371. The molecule has 4 rings (SSSR count). The predicted molar refractivity (Wildman–Crippen MR) is 95.7 cm³/mol. The van der Waals surface area contributed by atoms with Crippen LogP contribution >= 0.6 is 11.3 Å². The van der Waals surface area contributed by atoms with E-state index in [1.165, 1.54) is 16.9 Å². The molecule has 4 nitrogen and oxygen atoms in total. The Balaban J connectivity index is 1.49. The van der Waals surface area contributed by atoms with E-state index < -0.39 is 0 Å². The second-order valence-corrected chi connectivity index (χ2v) is 7.24. The van der Waals surface area contributed by atoms with Crippen LogP contribution in [-0.4, -0.2) is 10.9 Å². The number of hydrogen-bond acceptors (Lipinski definition) is 4. The average Bonchev–Trinajstić information content (AvgIpc) is 3.23. The van der Waals surface area contributed by atoms with Crippen molar-refractivity contribution in [1.29, 1.82) is 0 Å². The van der Waals surface area contributed by atoms with E-state index in [2.05, 4.69) is 10.3 Å². The first-order valence-corrected chi connectivity index (χ1v) is 8.89. The molecule has 1 aliphatic rings. The van der Waals surface area contributed by atoms with Crippen LogP contribution < -0.4 is 5.32 Å². The van der Waals surface area contributed by atoms with Crippen molar-refractivity contribution in [2.24, 2.45) is 0 Å². The van der Waals surface area contributed by atoms with E-state index in [-0.39, 0.29) is 5.91 Å². The minimum atomic E-state index is -0.0371. The molecule has 1 aliphatic carbocycles. The van der Waals surface area contributed by atoms with Crippen molar-refractivity contribution >= 4 is 22.9 Å². The van der Waals surface area contributed by atoms with Crippen LogP contribution in [0.4, 0.5) is 5.69 Å². The smallest absolute Gasteiger partial charge is 0.265 e. The summed E-state index contributed by atoms with van der Waals surface area (Å²) in [6.07, 6.45) is 3.42. The van der Waals surface area contributed by atoms with Crippen LogP contribution in [0.15, 0.2) is 34.7 Å². The summed E-state index contributed by atoms with van der Waals surface area (Å²) in [5.74, 6) is 1.40. The van der Waals surface area contributed by atoms with Crippen molar-refractivity contribution in [3.63, 3.8) is 0 Å². The third kappa shape index (κ3) is 2.76. The van der Waals surface area contributed by atoms with Crippen molar-refractivity contribution in [3.05, 3.63) is 57.1 Å². The lowest BCUT2D eigenvalue weighted by atomic mass is 10.2. The van der Waals surface area contributed by atoms with Crippen LogP contribution in [0, 0.1) is 13.8 Å². The molecule has 0 bridgehead atoms. The molecule has 0 unspecified atom stereocenters. The quantitative estimate of drug-likeness (QED) is 0.749. The number of anilines is 1. The van der Waals surface area contributed by atoms with Gasteiger partial charge in [0.05, 0.1) is 10.6 Å². The number of rotatable bonds is 3. The number of thiophene rings is 1. The second-order valence-electron chi connectivity index (χ2n) is 6.10. The molecule has 1 aromatic carbocycles. The summed E-state index contributed by atoms with van der Waals surface area (Å²) in [5, 5.41) is 2.96. The summed E-state index contributed by atoms with van der Waals surface area (Å²) in [6.45, 7) is 3.83. The van der Waals surface area contributed by atoms with Crippen LogP contribution in [0.2, 0.25) is 0 Å². The van der Waals surface area contributed by atoms with Gasteiger partial charge in [-0.25, -0.2) is 4.98 Å². The number of fused-ring (bicyclic) bond motifs is 1. The van der Waals surface area contributed by atoms with Gasteiger partial charge in [-0.05, 0) is 69.0 Å². The molecule has 0 radical (unpaired) electrons. The Kier molecular flexibility index (Phi) is 3.73. The lowest BCUT2D eigenvalue weighted by Gasteiger charge is -2.04. The standard InChI is InChI=1S/C19H18N2O2S/c1-11-12(2)23-19(20-11)13-6-8-15(9-7-13)21-18(22)17-10-14-4-3-5-16(14)24-17/h6-10H,3-5H2,1-2H3,(H,21,22). The lowest BCUT2D eigenvalue weighted by molar-refractivity contribution is 0.103. The van der Waals surface area contributed by atoms with Crippen molar-refractivity contribution in [2.75, 3.05) is 5.32 Å². The second kappa shape index (κ2) is 5.91. The number of hydrogen-bond donors (Lipinski definition) is 1. The first-order chi connectivity index (χ1) is 11.6. The largest absolute Gasteiger partial charge is 0.441 e. The van der Waals surface area contributed by atoms with Gasteiger partial charge in [0.15, 0.2) is 0 Å². The Morgan fingerprint density at radius 3 is 2.67 bits per heavy atom. The zero-order chi connectivity index (χ0) is 16.7. The molecule has 0 atom stereocenters. The van der Waals surface area contributed by atoms with E-state index in [0.717, 1.165) is 40.4 Å². The van der Waals surface area contributed by atoms with Gasteiger partial charge in [0, 0.05) is 16.1 Å². The molecule has 0 aliphatic heterocycles. The molecule has 2 heterocycles. The summed E-state index contributed by atoms with van der Waals surface area (Å²) < 4.78 is 5.63. The Morgan fingerprint density at radius 1 is 1.21 bits per heavy atom. The monoisotopic (exact) mass is 338 g/mol. The van der Waals surface area contributed by atoms with E-state index in [4.69, 9.17) is 4.42 Å².